The Kier molecular flexibility index (Phi) is 4.30. The summed E-state index contributed by atoms with van der Waals surface area (Å²) in [6.45, 7) is 12.2. The molecule has 4 nitrogen and oxygen atoms in total. The molecule has 0 spiro atoms. The first-order valence-corrected chi connectivity index (χ1v) is 7.84. The van der Waals surface area contributed by atoms with Crippen LogP contribution in [-0.4, -0.2) is 21.6 Å². The second kappa shape index (κ2) is 5.66. The summed E-state index contributed by atoms with van der Waals surface area (Å²) < 4.78 is 2.49. The van der Waals surface area contributed by atoms with E-state index in [1.165, 1.54) is 11.3 Å². The lowest BCUT2D eigenvalue weighted by atomic mass is 10.1. The van der Waals surface area contributed by atoms with Crippen molar-refractivity contribution >= 4 is 21.6 Å². The van der Waals surface area contributed by atoms with Crippen molar-refractivity contribution in [2.24, 2.45) is 5.92 Å². The molecule has 110 valence electrons. The zero-order valence-corrected chi connectivity index (χ0v) is 13.7. The highest BCUT2D eigenvalue weighted by Crippen LogP contribution is 2.19. The van der Waals surface area contributed by atoms with Crippen molar-refractivity contribution in [2.75, 3.05) is 6.54 Å². The van der Waals surface area contributed by atoms with Crippen LogP contribution in [0.3, 0.4) is 0 Å². The smallest absolute Gasteiger partial charge is 0.271 e. The van der Waals surface area contributed by atoms with Crippen LogP contribution in [0.25, 0.3) is 10.2 Å². The molecule has 2 aromatic heterocycles. The summed E-state index contributed by atoms with van der Waals surface area (Å²) in [6, 6.07) is 0. The minimum Gasteiger partial charge on any atom is -0.312 e. The van der Waals surface area contributed by atoms with Crippen LogP contribution in [0.1, 0.15) is 33.3 Å². The third-order valence-electron chi connectivity index (χ3n) is 3.21. The minimum atomic E-state index is 0.0794. The van der Waals surface area contributed by atoms with Gasteiger partial charge in [0.2, 0.25) is 0 Å². The highest BCUT2D eigenvalue weighted by Gasteiger charge is 2.13. The maximum Gasteiger partial charge on any atom is 0.271 e. The number of nitrogens with one attached hydrogen (secondary N) is 1. The van der Waals surface area contributed by atoms with Crippen LogP contribution >= 0.6 is 11.3 Å². The van der Waals surface area contributed by atoms with E-state index in [1.54, 1.807) is 10.9 Å². The fraction of sp³-hybridized carbons (Fsp3) is 0.600. The predicted octanol–water partition coefficient (Wildman–Crippen LogP) is 2.79. The average molecular weight is 293 g/mol. The molecule has 1 N–H and O–H groups in total. The van der Waals surface area contributed by atoms with Gasteiger partial charge in [-0.2, -0.15) is 0 Å². The van der Waals surface area contributed by atoms with Crippen molar-refractivity contribution in [3.63, 3.8) is 0 Å². The zero-order chi connectivity index (χ0) is 14.9. The largest absolute Gasteiger partial charge is 0.312 e. The molecule has 1 unspecified atom stereocenters. The standard InChI is InChI=1S/C15H23N3OS/c1-10(6-17-15(3,4)5)7-18-9-16-12-11(2)8-20-13(12)14(18)19/h8-10,17H,6-7H2,1-5H3. The number of thiophene rings is 1. The Labute approximate surface area is 123 Å². The normalized spacial score (nSPS) is 13.8. The van der Waals surface area contributed by atoms with E-state index >= 15 is 0 Å². The molecule has 0 saturated carbocycles. The average Bonchev–Trinajstić information content (AvgIpc) is 2.72. The molecule has 0 radical (unpaired) electrons. The predicted molar refractivity (Wildman–Crippen MR) is 85.5 cm³/mol. The first-order valence-electron chi connectivity index (χ1n) is 6.96. The summed E-state index contributed by atoms with van der Waals surface area (Å²) in [5.41, 5.74) is 2.11. The second-order valence-electron chi connectivity index (χ2n) is 6.53. The van der Waals surface area contributed by atoms with E-state index in [1.807, 2.05) is 12.3 Å². The van der Waals surface area contributed by atoms with Gasteiger partial charge in [-0.05, 0) is 51.1 Å². The maximum absolute atomic E-state index is 12.4. The number of rotatable bonds is 4. The maximum atomic E-state index is 12.4. The van der Waals surface area contributed by atoms with Crippen LogP contribution in [0.4, 0.5) is 0 Å². The van der Waals surface area contributed by atoms with Gasteiger partial charge in [-0.1, -0.05) is 6.92 Å². The van der Waals surface area contributed by atoms with Crippen LogP contribution in [-0.2, 0) is 6.54 Å². The van der Waals surface area contributed by atoms with Crippen molar-refractivity contribution in [1.29, 1.82) is 0 Å². The van der Waals surface area contributed by atoms with Crippen molar-refractivity contribution in [3.05, 3.63) is 27.6 Å². The van der Waals surface area contributed by atoms with Gasteiger partial charge < -0.3 is 5.32 Å². The Morgan fingerprint density at radius 3 is 2.80 bits per heavy atom. The highest BCUT2D eigenvalue weighted by atomic mass is 32.1. The highest BCUT2D eigenvalue weighted by molar-refractivity contribution is 7.17. The zero-order valence-electron chi connectivity index (χ0n) is 12.9. The van der Waals surface area contributed by atoms with Crippen LogP contribution in [0.2, 0.25) is 0 Å². The Hall–Kier alpha value is -1.20. The molecule has 0 saturated heterocycles. The van der Waals surface area contributed by atoms with E-state index in [0.717, 1.165) is 22.3 Å². The number of hydrogen-bond donors (Lipinski definition) is 1. The molecule has 0 fully saturated rings. The van der Waals surface area contributed by atoms with Crippen molar-refractivity contribution < 1.29 is 0 Å². The Morgan fingerprint density at radius 1 is 1.45 bits per heavy atom. The Morgan fingerprint density at radius 2 is 2.15 bits per heavy atom. The topological polar surface area (TPSA) is 46.9 Å². The van der Waals surface area contributed by atoms with Gasteiger partial charge in [0, 0.05) is 12.1 Å². The quantitative estimate of drug-likeness (QED) is 0.943. The van der Waals surface area contributed by atoms with Crippen LogP contribution in [0, 0.1) is 12.8 Å². The summed E-state index contributed by atoms with van der Waals surface area (Å²) in [6.07, 6.45) is 1.68. The van der Waals surface area contributed by atoms with Gasteiger partial charge in [0.25, 0.3) is 5.56 Å². The third kappa shape index (κ3) is 3.46. The van der Waals surface area contributed by atoms with Crippen molar-refractivity contribution in [1.82, 2.24) is 14.9 Å². The van der Waals surface area contributed by atoms with E-state index < -0.39 is 0 Å². The van der Waals surface area contributed by atoms with Crippen LogP contribution < -0.4 is 10.9 Å². The molecule has 0 amide bonds. The summed E-state index contributed by atoms with van der Waals surface area (Å²) >= 11 is 1.49. The molecule has 2 aromatic rings. The van der Waals surface area contributed by atoms with Gasteiger partial charge in [-0.15, -0.1) is 11.3 Å². The molecule has 1 atom stereocenters. The van der Waals surface area contributed by atoms with Gasteiger partial charge in [0.05, 0.1) is 11.8 Å². The van der Waals surface area contributed by atoms with Crippen molar-refractivity contribution in [3.8, 4) is 0 Å². The summed E-state index contributed by atoms with van der Waals surface area (Å²) in [5, 5.41) is 5.46. The van der Waals surface area contributed by atoms with E-state index in [4.69, 9.17) is 0 Å². The van der Waals surface area contributed by atoms with Gasteiger partial charge in [-0.3, -0.25) is 9.36 Å². The lowest BCUT2D eigenvalue weighted by molar-refractivity contribution is 0.357. The summed E-state index contributed by atoms with van der Waals surface area (Å²) in [5.74, 6) is 0.382. The number of aromatic nitrogens is 2. The lowest BCUT2D eigenvalue weighted by Gasteiger charge is -2.23. The third-order valence-corrected chi connectivity index (χ3v) is 4.29. The number of nitrogens with zero attached hydrogens (tertiary/aromatic N) is 2. The van der Waals surface area contributed by atoms with Crippen LogP contribution in [0.15, 0.2) is 16.5 Å². The van der Waals surface area contributed by atoms with Crippen LogP contribution in [0.5, 0.6) is 0 Å². The van der Waals surface area contributed by atoms with E-state index in [0.29, 0.717) is 12.5 Å². The molecule has 2 rings (SSSR count). The molecule has 0 aromatic carbocycles. The lowest BCUT2D eigenvalue weighted by Crippen LogP contribution is -2.40. The molecule has 0 bridgehead atoms. The van der Waals surface area contributed by atoms with Gasteiger partial charge in [0.15, 0.2) is 0 Å². The molecule has 20 heavy (non-hydrogen) atoms. The minimum absolute atomic E-state index is 0.0794. The fourth-order valence-corrected chi connectivity index (χ4v) is 3.02. The first kappa shape index (κ1) is 15.2. The molecule has 0 aliphatic carbocycles. The summed E-state index contributed by atoms with van der Waals surface area (Å²) in [4.78, 5) is 16.8. The molecule has 0 aliphatic rings. The first-order chi connectivity index (χ1) is 9.28. The molecule has 2 heterocycles. The Bertz CT molecular complexity index is 651. The van der Waals surface area contributed by atoms with Crippen molar-refractivity contribution in [2.45, 2.75) is 46.7 Å². The monoisotopic (exact) mass is 293 g/mol. The molecular weight excluding hydrogens is 270 g/mol. The van der Waals surface area contributed by atoms with Gasteiger partial charge in [-0.25, -0.2) is 4.98 Å². The van der Waals surface area contributed by atoms with E-state index in [9.17, 15) is 4.79 Å². The number of fused-ring (bicyclic) bond motifs is 1. The SMILES string of the molecule is Cc1csc2c(=O)n(CC(C)CNC(C)(C)C)cnc12. The molecular formula is C15H23N3OS. The number of hydrogen-bond acceptors (Lipinski definition) is 4. The fourth-order valence-electron chi connectivity index (χ4n) is 2.07. The second-order valence-corrected chi connectivity index (χ2v) is 7.41. The van der Waals surface area contributed by atoms with E-state index in [-0.39, 0.29) is 11.1 Å². The van der Waals surface area contributed by atoms with Gasteiger partial charge in [0.1, 0.15) is 4.70 Å². The molecule has 5 heteroatoms. The van der Waals surface area contributed by atoms with Gasteiger partial charge >= 0.3 is 0 Å². The summed E-state index contributed by atoms with van der Waals surface area (Å²) in [7, 11) is 0. The number of aryl methyl sites for hydroxylation is 1. The Balaban J connectivity index is 2.14. The van der Waals surface area contributed by atoms with E-state index in [2.05, 4.69) is 38.0 Å². The molecule has 0 aliphatic heterocycles.